The summed E-state index contributed by atoms with van der Waals surface area (Å²) in [6, 6.07) is 10.5. The normalized spacial score (nSPS) is 11.4. The molecule has 1 aromatic rings. The molecule has 0 unspecified atom stereocenters. The first-order valence-corrected chi connectivity index (χ1v) is 7.91. The number of unbranched alkanes of at least 4 members (excludes halogenated alkanes) is 1. The summed E-state index contributed by atoms with van der Waals surface area (Å²) in [6.45, 7) is 7.94. The van der Waals surface area contributed by atoms with E-state index in [1.165, 1.54) is 5.56 Å². The molecule has 1 amide bonds. The highest BCUT2D eigenvalue weighted by atomic mass is 16.2. The van der Waals surface area contributed by atoms with E-state index in [0.717, 1.165) is 32.4 Å². The number of hydrogen-bond donors (Lipinski definition) is 1. The van der Waals surface area contributed by atoms with Crippen LogP contribution in [0, 0.1) is 0 Å². The van der Waals surface area contributed by atoms with Crippen molar-refractivity contribution in [2.24, 2.45) is 0 Å². The number of amides is 1. The summed E-state index contributed by atoms with van der Waals surface area (Å²) in [5, 5.41) is 3.35. The third-order valence-electron chi connectivity index (χ3n) is 3.47. The van der Waals surface area contributed by atoms with Crippen molar-refractivity contribution in [2.45, 2.75) is 52.0 Å². The Morgan fingerprint density at radius 2 is 1.81 bits per heavy atom. The molecule has 1 rings (SSSR count). The fourth-order valence-electron chi connectivity index (χ4n) is 2.18. The molecule has 21 heavy (non-hydrogen) atoms. The fraction of sp³-hybridized carbons (Fsp3) is 0.611. The van der Waals surface area contributed by atoms with Crippen molar-refractivity contribution in [1.29, 1.82) is 0 Å². The topological polar surface area (TPSA) is 32.3 Å². The Morgan fingerprint density at radius 3 is 2.43 bits per heavy atom. The summed E-state index contributed by atoms with van der Waals surface area (Å²) < 4.78 is 0. The molecule has 0 aliphatic carbocycles. The van der Waals surface area contributed by atoms with Gasteiger partial charge in [0.25, 0.3) is 0 Å². The highest BCUT2D eigenvalue weighted by Crippen LogP contribution is 2.05. The summed E-state index contributed by atoms with van der Waals surface area (Å²) in [5.74, 6) is 0.228. The van der Waals surface area contributed by atoms with Gasteiger partial charge in [0.05, 0.1) is 0 Å². The largest absolute Gasteiger partial charge is 0.346 e. The van der Waals surface area contributed by atoms with Crippen molar-refractivity contribution in [3.05, 3.63) is 35.9 Å². The number of rotatable bonds is 8. The van der Waals surface area contributed by atoms with Crippen LogP contribution in [0.3, 0.4) is 0 Å². The van der Waals surface area contributed by atoms with Crippen molar-refractivity contribution in [3.63, 3.8) is 0 Å². The summed E-state index contributed by atoms with van der Waals surface area (Å²) in [4.78, 5) is 13.8. The molecular weight excluding hydrogens is 260 g/mol. The number of carbonyl (C=O) groups excluding carboxylic acids is 1. The fourth-order valence-corrected chi connectivity index (χ4v) is 2.18. The van der Waals surface area contributed by atoms with E-state index < -0.39 is 0 Å². The van der Waals surface area contributed by atoms with Crippen molar-refractivity contribution in [1.82, 2.24) is 10.2 Å². The van der Waals surface area contributed by atoms with Crippen LogP contribution in [0.4, 0.5) is 0 Å². The molecule has 0 aliphatic heterocycles. The van der Waals surface area contributed by atoms with Crippen molar-refractivity contribution in [3.8, 4) is 0 Å². The molecule has 0 aliphatic rings. The Bertz CT molecular complexity index is 409. The van der Waals surface area contributed by atoms with Gasteiger partial charge in [-0.1, -0.05) is 30.3 Å². The minimum absolute atomic E-state index is 0.0779. The van der Waals surface area contributed by atoms with E-state index in [9.17, 15) is 4.79 Å². The van der Waals surface area contributed by atoms with Gasteiger partial charge < -0.3 is 10.2 Å². The number of nitrogens with one attached hydrogen (secondary N) is 1. The highest BCUT2D eigenvalue weighted by molar-refractivity contribution is 5.76. The third kappa shape index (κ3) is 8.51. The Balaban J connectivity index is 2.12. The number of aryl methyl sites for hydroxylation is 1. The lowest BCUT2D eigenvalue weighted by Gasteiger charge is -2.22. The zero-order valence-corrected chi connectivity index (χ0v) is 14.0. The maximum absolute atomic E-state index is 12.0. The maximum Gasteiger partial charge on any atom is 0.223 e. The second-order valence-corrected chi connectivity index (χ2v) is 6.68. The lowest BCUT2D eigenvalue weighted by atomic mass is 10.1. The van der Waals surface area contributed by atoms with E-state index in [4.69, 9.17) is 0 Å². The van der Waals surface area contributed by atoms with Gasteiger partial charge in [-0.25, -0.2) is 0 Å². The second-order valence-electron chi connectivity index (χ2n) is 6.68. The Labute approximate surface area is 129 Å². The molecule has 0 radical (unpaired) electrons. The molecule has 0 heterocycles. The van der Waals surface area contributed by atoms with Crippen LogP contribution in [0.15, 0.2) is 30.3 Å². The lowest BCUT2D eigenvalue weighted by Crippen LogP contribution is -2.39. The molecule has 1 N–H and O–H groups in total. The molecule has 0 saturated heterocycles. The van der Waals surface area contributed by atoms with Crippen molar-refractivity contribution in [2.75, 3.05) is 20.1 Å². The zero-order valence-electron chi connectivity index (χ0n) is 14.0. The zero-order chi connectivity index (χ0) is 15.7. The van der Waals surface area contributed by atoms with Gasteiger partial charge in [-0.2, -0.15) is 0 Å². The Morgan fingerprint density at radius 1 is 1.14 bits per heavy atom. The van der Waals surface area contributed by atoms with Gasteiger partial charge in [0.1, 0.15) is 0 Å². The first-order chi connectivity index (χ1) is 9.88. The quantitative estimate of drug-likeness (QED) is 0.745. The van der Waals surface area contributed by atoms with Gasteiger partial charge in [0.2, 0.25) is 5.91 Å². The van der Waals surface area contributed by atoms with Crippen LogP contribution in [0.25, 0.3) is 0 Å². The number of carbonyl (C=O) groups is 1. The van der Waals surface area contributed by atoms with E-state index in [2.05, 4.69) is 50.4 Å². The first kappa shape index (κ1) is 17.7. The van der Waals surface area contributed by atoms with E-state index in [1.54, 1.807) is 0 Å². The van der Waals surface area contributed by atoms with Crippen LogP contribution >= 0.6 is 0 Å². The van der Waals surface area contributed by atoms with Gasteiger partial charge in [0.15, 0.2) is 0 Å². The molecule has 3 nitrogen and oxygen atoms in total. The number of hydrogen-bond acceptors (Lipinski definition) is 2. The van der Waals surface area contributed by atoms with E-state index >= 15 is 0 Å². The summed E-state index contributed by atoms with van der Waals surface area (Å²) in [7, 11) is 1.90. The summed E-state index contributed by atoms with van der Waals surface area (Å²) >= 11 is 0. The average molecular weight is 290 g/mol. The minimum Gasteiger partial charge on any atom is -0.346 e. The van der Waals surface area contributed by atoms with Crippen LogP contribution < -0.4 is 5.32 Å². The molecule has 118 valence electrons. The SMILES string of the molecule is CN(CCCCc1ccccc1)C(=O)CCNC(C)(C)C. The van der Waals surface area contributed by atoms with Gasteiger partial charge >= 0.3 is 0 Å². The third-order valence-corrected chi connectivity index (χ3v) is 3.47. The maximum atomic E-state index is 12.0. The lowest BCUT2D eigenvalue weighted by molar-refractivity contribution is -0.129. The molecule has 0 fully saturated rings. The van der Waals surface area contributed by atoms with E-state index in [-0.39, 0.29) is 11.4 Å². The first-order valence-electron chi connectivity index (χ1n) is 7.91. The molecule has 0 bridgehead atoms. The van der Waals surface area contributed by atoms with Crippen LogP contribution in [-0.2, 0) is 11.2 Å². The molecular formula is C18H30N2O. The van der Waals surface area contributed by atoms with Crippen molar-refractivity contribution >= 4 is 5.91 Å². The molecule has 1 aromatic carbocycles. The predicted octanol–water partition coefficient (Wildman–Crippen LogP) is 3.25. The molecule has 3 heteroatoms. The molecule has 0 atom stereocenters. The standard InChI is InChI=1S/C18H30N2O/c1-18(2,3)19-14-13-17(21)20(4)15-9-8-12-16-10-6-5-7-11-16/h5-7,10-11,19H,8-9,12-15H2,1-4H3. The Hall–Kier alpha value is -1.35. The van der Waals surface area contributed by atoms with E-state index in [0.29, 0.717) is 6.42 Å². The molecule has 0 saturated carbocycles. The van der Waals surface area contributed by atoms with Gasteiger partial charge in [-0.15, -0.1) is 0 Å². The van der Waals surface area contributed by atoms with E-state index in [1.807, 2.05) is 18.0 Å². The number of nitrogens with zero attached hydrogens (tertiary/aromatic N) is 1. The summed E-state index contributed by atoms with van der Waals surface area (Å²) in [6.07, 6.45) is 3.85. The minimum atomic E-state index is 0.0779. The monoisotopic (exact) mass is 290 g/mol. The predicted molar refractivity (Wildman–Crippen MR) is 89.4 cm³/mol. The Kier molecular flexibility index (Phi) is 7.44. The van der Waals surface area contributed by atoms with Gasteiger partial charge in [-0.05, 0) is 45.6 Å². The second kappa shape index (κ2) is 8.83. The summed E-state index contributed by atoms with van der Waals surface area (Å²) in [5.41, 5.74) is 1.45. The van der Waals surface area contributed by atoms with Crippen LogP contribution in [0.1, 0.15) is 45.6 Å². The van der Waals surface area contributed by atoms with Crippen LogP contribution in [0.2, 0.25) is 0 Å². The molecule has 0 aromatic heterocycles. The highest BCUT2D eigenvalue weighted by Gasteiger charge is 2.11. The number of benzene rings is 1. The molecule has 0 spiro atoms. The van der Waals surface area contributed by atoms with Gasteiger partial charge in [-0.3, -0.25) is 4.79 Å². The van der Waals surface area contributed by atoms with Gasteiger partial charge in [0, 0.05) is 32.1 Å². The smallest absolute Gasteiger partial charge is 0.223 e. The van der Waals surface area contributed by atoms with Crippen LogP contribution in [-0.4, -0.2) is 36.5 Å². The van der Waals surface area contributed by atoms with Crippen molar-refractivity contribution < 1.29 is 4.79 Å². The van der Waals surface area contributed by atoms with Crippen LogP contribution in [0.5, 0.6) is 0 Å². The average Bonchev–Trinajstić information content (AvgIpc) is 2.43.